The Morgan fingerprint density at radius 1 is 1.18 bits per heavy atom. The van der Waals surface area contributed by atoms with Crippen molar-refractivity contribution in [2.45, 2.75) is 39.0 Å². The molecular weight excluding hydrogens is 497 g/mol. The second-order valence-corrected chi connectivity index (χ2v) is 10.1. The van der Waals surface area contributed by atoms with Gasteiger partial charge in [-0.3, -0.25) is 14.8 Å². The number of halogens is 3. The lowest BCUT2D eigenvalue weighted by Gasteiger charge is -2.40. The van der Waals surface area contributed by atoms with Crippen molar-refractivity contribution in [3.05, 3.63) is 71.3 Å². The maximum atomic E-state index is 13.0. The Morgan fingerprint density at radius 3 is 2.63 bits per heavy atom. The Kier molecular flexibility index (Phi) is 7.75. The van der Waals surface area contributed by atoms with Crippen LogP contribution in [-0.4, -0.2) is 53.4 Å². The van der Waals surface area contributed by atoms with E-state index < -0.39 is 23.4 Å². The number of aryl methyl sites for hydroxylation is 1. The molecule has 0 radical (unpaired) electrons. The van der Waals surface area contributed by atoms with Gasteiger partial charge in [0.15, 0.2) is 0 Å². The quantitative estimate of drug-likeness (QED) is 0.443. The summed E-state index contributed by atoms with van der Waals surface area (Å²) in [6, 6.07) is 9.34. The number of carbonyl (C=O) groups is 1. The van der Waals surface area contributed by atoms with Crippen molar-refractivity contribution in [1.29, 1.82) is 0 Å². The summed E-state index contributed by atoms with van der Waals surface area (Å²) in [5, 5.41) is 13.3. The molecule has 3 heterocycles. The molecule has 4 rings (SSSR count). The highest BCUT2D eigenvalue weighted by atomic mass is 19.4. The van der Waals surface area contributed by atoms with E-state index in [0.29, 0.717) is 31.8 Å². The molecule has 0 saturated heterocycles. The second kappa shape index (κ2) is 10.7. The number of hydrogen-bond donors (Lipinski definition) is 2. The first kappa shape index (κ1) is 27.5. The van der Waals surface area contributed by atoms with Gasteiger partial charge in [0.25, 0.3) is 5.91 Å². The van der Waals surface area contributed by atoms with Gasteiger partial charge in [-0.2, -0.15) is 13.2 Å². The summed E-state index contributed by atoms with van der Waals surface area (Å²) in [5.74, 6) is -0.656. The molecule has 38 heavy (non-hydrogen) atoms. The Hall–Kier alpha value is -3.50. The maximum Gasteiger partial charge on any atom is 0.433 e. The molecule has 7 nitrogen and oxygen atoms in total. The van der Waals surface area contributed by atoms with Crippen molar-refractivity contribution in [3.8, 4) is 11.1 Å². The number of carbonyl (C=O) groups excluding carboxylic acids is 1. The van der Waals surface area contributed by atoms with E-state index in [4.69, 9.17) is 9.72 Å². The fourth-order valence-corrected chi connectivity index (χ4v) is 4.55. The van der Waals surface area contributed by atoms with Crippen LogP contribution in [0.3, 0.4) is 0 Å². The summed E-state index contributed by atoms with van der Waals surface area (Å²) >= 11 is 0. The first-order chi connectivity index (χ1) is 17.9. The third-order valence-corrected chi connectivity index (χ3v) is 6.85. The average molecular weight is 529 g/mol. The van der Waals surface area contributed by atoms with E-state index in [-0.39, 0.29) is 11.5 Å². The minimum atomic E-state index is -4.64. The normalized spacial score (nSPS) is 15.8. The SMILES string of the molecule is COCCN1CC(C(C)(C)O)Cc2ncc(-c3cc(NC(=O)c4ccnc(C(F)(F)F)c4)ccc3C)cc21. The standard InChI is InChI=1S/C28H31F3N4O3/c1-17-5-6-21(34-26(36)18-7-8-32-25(12-18)28(29,30)31)14-22(17)19-11-24-23(33-15-19)13-20(27(2,3)37)16-35(24)9-10-38-4/h5-8,11-12,14-15,20,37H,9-10,13,16H2,1-4H3,(H,34,36). The number of aliphatic hydroxyl groups is 1. The number of nitrogens with one attached hydrogen (secondary N) is 1. The summed E-state index contributed by atoms with van der Waals surface area (Å²) in [6.45, 7) is 7.38. The van der Waals surface area contributed by atoms with Crippen molar-refractivity contribution < 1.29 is 27.8 Å². The van der Waals surface area contributed by atoms with Crippen LogP contribution in [0, 0.1) is 12.8 Å². The lowest BCUT2D eigenvalue weighted by atomic mass is 9.83. The number of benzene rings is 1. The number of anilines is 2. The lowest BCUT2D eigenvalue weighted by Crippen LogP contribution is -2.46. The highest BCUT2D eigenvalue weighted by molar-refractivity contribution is 6.04. The Morgan fingerprint density at radius 2 is 1.95 bits per heavy atom. The summed E-state index contributed by atoms with van der Waals surface area (Å²) in [5.41, 5.74) is 2.79. The highest BCUT2D eigenvalue weighted by Crippen LogP contribution is 2.37. The van der Waals surface area contributed by atoms with E-state index in [1.54, 1.807) is 25.4 Å². The van der Waals surface area contributed by atoms with E-state index in [1.165, 1.54) is 6.07 Å². The van der Waals surface area contributed by atoms with Crippen molar-refractivity contribution >= 4 is 17.3 Å². The van der Waals surface area contributed by atoms with Gasteiger partial charge in [0.2, 0.25) is 0 Å². The molecule has 202 valence electrons. The van der Waals surface area contributed by atoms with Gasteiger partial charge in [-0.05, 0) is 68.7 Å². The molecule has 1 aromatic carbocycles. The number of rotatable bonds is 7. The van der Waals surface area contributed by atoms with Crippen molar-refractivity contribution in [2.75, 3.05) is 37.0 Å². The van der Waals surface area contributed by atoms with Gasteiger partial charge in [-0.1, -0.05) is 6.07 Å². The van der Waals surface area contributed by atoms with Crippen LogP contribution < -0.4 is 10.2 Å². The van der Waals surface area contributed by atoms with Crippen LogP contribution in [-0.2, 0) is 17.3 Å². The zero-order valence-corrected chi connectivity index (χ0v) is 21.8. The van der Waals surface area contributed by atoms with E-state index in [9.17, 15) is 23.1 Å². The number of ether oxygens (including phenoxy) is 1. The second-order valence-electron chi connectivity index (χ2n) is 10.1. The molecule has 1 aliphatic rings. The number of aromatic nitrogens is 2. The average Bonchev–Trinajstić information content (AvgIpc) is 2.87. The lowest BCUT2D eigenvalue weighted by molar-refractivity contribution is -0.141. The molecule has 1 unspecified atom stereocenters. The largest absolute Gasteiger partial charge is 0.433 e. The molecule has 0 aliphatic carbocycles. The fraction of sp³-hybridized carbons (Fsp3) is 0.393. The molecule has 1 amide bonds. The van der Waals surface area contributed by atoms with Crippen LogP contribution in [0.15, 0.2) is 48.8 Å². The number of methoxy groups -OCH3 is 1. The van der Waals surface area contributed by atoms with E-state index >= 15 is 0 Å². The minimum Gasteiger partial charge on any atom is -0.390 e. The van der Waals surface area contributed by atoms with Gasteiger partial charge >= 0.3 is 6.18 Å². The van der Waals surface area contributed by atoms with Gasteiger partial charge < -0.3 is 20.1 Å². The Bertz CT molecular complexity index is 1320. The number of fused-ring (bicyclic) bond motifs is 1. The molecule has 0 saturated carbocycles. The summed E-state index contributed by atoms with van der Waals surface area (Å²) < 4.78 is 44.3. The Balaban J connectivity index is 1.63. The predicted octanol–water partition coefficient (Wildman–Crippen LogP) is 5.12. The fourth-order valence-electron chi connectivity index (χ4n) is 4.55. The molecular formula is C28H31F3N4O3. The predicted molar refractivity (Wildman–Crippen MR) is 139 cm³/mol. The molecule has 0 fully saturated rings. The number of alkyl halides is 3. The molecule has 0 spiro atoms. The van der Waals surface area contributed by atoms with Gasteiger partial charge in [0.1, 0.15) is 5.69 Å². The zero-order chi connectivity index (χ0) is 27.7. The summed E-state index contributed by atoms with van der Waals surface area (Å²) in [7, 11) is 1.64. The molecule has 3 aromatic rings. The van der Waals surface area contributed by atoms with Crippen LogP contribution in [0.4, 0.5) is 24.5 Å². The Labute approximate surface area is 219 Å². The zero-order valence-electron chi connectivity index (χ0n) is 21.8. The minimum absolute atomic E-state index is 0.0107. The molecule has 2 N–H and O–H groups in total. The maximum absolute atomic E-state index is 13.0. The van der Waals surface area contributed by atoms with Crippen LogP contribution >= 0.6 is 0 Å². The van der Waals surface area contributed by atoms with Gasteiger partial charge in [-0.25, -0.2) is 0 Å². The van der Waals surface area contributed by atoms with Crippen LogP contribution in [0.5, 0.6) is 0 Å². The number of hydrogen-bond acceptors (Lipinski definition) is 6. The molecule has 1 aliphatic heterocycles. The molecule has 10 heteroatoms. The number of amides is 1. The van der Waals surface area contributed by atoms with Crippen molar-refractivity contribution in [3.63, 3.8) is 0 Å². The van der Waals surface area contributed by atoms with Crippen LogP contribution in [0.1, 0.15) is 41.2 Å². The van der Waals surface area contributed by atoms with Gasteiger partial charge in [-0.15, -0.1) is 0 Å². The highest BCUT2D eigenvalue weighted by Gasteiger charge is 2.35. The monoisotopic (exact) mass is 528 g/mol. The van der Waals surface area contributed by atoms with E-state index in [0.717, 1.165) is 40.3 Å². The van der Waals surface area contributed by atoms with Crippen molar-refractivity contribution in [2.24, 2.45) is 5.92 Å². The summed E-state index contributed by atoms with van der Waals surface area (Å²) in [6.07, 6.45) is -1.26. The topological polar surface area (TPSA) is 87.6 Å². The molecule has 2 aromatic heterocycles. The van der Waals surface area contributed by atoms with E-state index in [1.807, 2.05) is 32.9 Å². The van der Waals surface area contributed by atoms with Crippen LogP contribution in [0.25, 0.3) is 11.1 Å². The number of nitrogens with zero attached hydrogens (tertiary/aromatic N) is 3. The number of pyridine rings is 2. The first-order valence-electron chi connectivity index (χ1n) is 12.3. The van der Waals surface area contributed by atoms with Crippen molar-refractivity contribution in [1.82, 2.24) is 9.97 Å². The van der Waals surface area contributed by atoms with Gasteiger partial charge in [0, 0.05) is 55.3 Å². The third-order valence-electron chi connectivity index (χ3n) is 6.85. The smallest absolute Gasteiger partial charge is 0.390 e. The van der Waals surface area contributed by atoms with Gasteiger partial charge in [0.05, 0.1) is 23.6 Å². The summed E-state index contributed by atoms with van der Waals surface area (Å²) in [4.78, 5) is 22.9. The van der Waals surface area contributed by atoms with E-state index in [2.05, 4.69) is 15.2 Å². The molecule has 0 bridgehead atoms. The first-order valence-corrected chi connectivity index (χ1v) is 12.3. The van der Waals surface area contributed by atoms with Crippen LogP contribution in [0.2, 0.25) is 0 Å². The molecule has 1 atom stereocenters. The third kappa shape index (κ3) is 6.14.